The molecule has 0 aliphatic carbocycles. The van der Waals surface area contributed by atoms with E-state index in [4.69, 9.17) is 4.74 Å². The molecular formula is C15H24N2O4. The van der Waals surface area contributed by atoms with Gasteiger partial charge in [0.2, 0.25) is 0 Å². The van der Waals surface area contributed by atoms with Crippen molar-refractivity contribution in [2.45, 2.75) is 51.2 Å². The molecule has 3 saturated heterocycles. The molecule has 118 valence electrons. The Morgan fingerprint density at radius 1 is 1.24 bits per heavy atom. The minimum atomic E-state index is -0.774. The van der Waals surface area contributed by atoms with Gasteiger partial charge in [-0.1, -0.05) is 6.92 Å². The van der Waals surface area contributed by atoms with Crippen molar-refractivity contribution in [1.29, 1.82) is 0 Å². The van der Waals surface area contributed by atoms with Crippen LogP contribution in [0.2, 0.25) is 0 Å². The van der Waals surface area contributed by atoms with Gasteiger partial charge in [-0.25, -0.2) is 4.79 Å². The molecule has 3 aliphatic heterocycles. The molecule has 3 atom stereocenters. The van der Waals surface area contributed by atoms with E-state index < -0.39 is 11.4 Å². The number of hydrogen-bond acceptors (Lipinski definition) is 3. The maximum atomic E-state index is 12.7. The molecule has 0 saturated carbocycles. The fourth-order valence-corrected chi connectivity index (χ4v) is 3.88. The molecule has 3 fully saturated rings. The van der Waals surface area contributed by atoms with E-state index in [0.717, 1.165) is 19.3 Å². The summed E-state index contributed by atoms with van der Waals surface area (Å²) in [6.45, 7) is 4.21. The second kappa shape index (κ2) is 5.48. The van der Waals surface area contributed by atoms with E-state index in [1.165, 1.54) is 0 Å². The van der Waals surface area contributed by atoms with Gasteiger partial charge in [-0.15, -0.1) is 0 Å². The number of carbonyl (C=O) groups excluding carboxylic acids is 1. The SMILES string of the molecule is CCC1(C(=O)O)CCCN(C(=O)N2CC3CCC(C2)O3)C1. The molecule has 0 aromatic rings. The van der Waals surface area contributed by atoms with Crippen LogP contribution in [0.4, 0.5) is 4.79 Å². The Morgan fingerprint density at radius 2 is 1.90 bits per heavy atom. The van der Waals surface area contributed by atoms with Crippen LogP contribution in [0.25, 0.3) is 0 Å². The molecule has 6 heteroatoms. The van der Waals surface area contributed by atoms with Crippen LogP contribution in [0.3, 0.4) is 0 Å². The van der Waals surface area contributed by atoms with Crippen LogP contribution in [0.1, 0.15) is 39.0 Å². The van der Waals surface area contributed by atoms with Crippen molar-refractivity contribution in [3.8, 4) is 0 Å². The average Bonchev–Trinajstić information content (AvgIpc) is 2.84. The Morgan fingerprint density at radius 3 is 2.48 bits per heavy atom. The number of urea groups is 1. The third-order valence-electron chi connectivity index (χ3n) is 5.29. The van der Waals surface area contributed by atoms with Crippen molar-refractivity contribution < 1.29 is 19.4 Å². The lowest BCUT2D eigenvalue weighted by Crippen LogP contribution is -2.56. The minimum Gasteiger partial charge on any atom is -0.481 e. The van der Waals surface area contributed by atoms with Crippen LogP contribution < -0.4 is 0 Å². The molecule has 2 bridgehead atoms. The minimum absolute atomic E-state index is 0.00558. The molecule has 6 nitrogen and oxygen atoms in total. The fraction of sp³-hybridized carbons (Fsp3) is 0.867. The number of carbonyl (C=O) groups is 2. The van der Waals surface area contributed by atoms with Gasteiger partial charge in [-0.05, 0) is 32.1 Å². The number of ether oxygens (including phenoxy) is 1. The van der Waals surface area contributed by atoms with Crippen LogP contribution in [0.5, 0.6) is 0 Å². The van der Waals surface area contributed by atoms with Crippen molar-refractivity contribution in [1.82, 2.24) is 9.80 Å². The lowest BCUT2D eigenvalue weighted by molar-refractivity contribution is -0.152. The zero-order chi connectivity index (χ0) is 15.0. The van der Waals surface area contributed by atoms with Crippen LogP contribution in [0, 0.1) is 5.41 Å². The number of amides is 2. The third-order valence-corrected chi connectivity index (χ3v) is 5.29. The molecule has 3 heterocycles. The quantitative estimate of drug-likeness (QED) is 0.839. The molecule has 0 spiro atoms. The van der Waals surface area contributed by atoms with Gasteiger partial charge in [-0.3, -0.25) is 4.79 Å². The largest absolute Gasteiger partial charge is 0.481 e. The molecule has 0 radical (unpaired) electrons. The summed E-state index contributed by atoms with van der Waals surface area (Å²) in [5.74, 6) is -0.774. The molecule has 0 aromatic heterocycles. The maximum Gasteiger partial charge on any atom is 0.320 e. The number of piperidine rings is 1. The highest BCUT2D eigenvalue weighted by molar-refractivity contribution is 5.79. The predicted molar refractivity (Wildman–Crippen MR) is 76.0 cm³/mol. The van der Waals surface area contributed by atoms with Gasteiger partial charge in [0.15, 0.2) is 0 Å². The van der Waals surface area contributed by atoms with Crippen molar-refractivity contribution in [2.24, 2.45) is 5.41 Å². The Bertz CT molecular complexity index is 429. The van der Waals surface area contributed by atoms with Crippen molar-refractivity contribution in [3.63, 3.8) is 0 Å². The van der Waals surface area contributed by atoms with Crippen LogP contribution in [-0.2, 0) is 9.53 Å². The normalized spacial score (nSPS) is 35.9. The van der Waals surface area contributed by atoms with E-state index in [9.17, 15) is 14.7 Å². The Kier molecular flexibility index (Phi) is 3.82. The number of carboxylic acid groups (broad SMARTS) is 1. The summed E-state index contributed by atoms with van der Waals surface area (Å²) in [4.78, 5) is 27.9. The number of aliphatic carboxylic acids is 1. The molecule has 2 amide bonds. The lowest BCUT2D eigenvalue weighted by Gasteiger charge is -2.42. The van der Waals surface area contributed by atoms with Crippen molar-refractivity contribution >= 4 is 12.0 Å². The van der Waals surface area contributed by atoms with Gasteiger partial charge in [0.05, 0.1) is 17.6 Å². The first-order chi connectivity index (χ1) is 10.0. The van der Waals surface area contributed by atoms with Gasteiger partial charge < -0.3 is 19.6 Å². The molecule has 3 aliphatic rings. The molecule has 0 aromatic carbocycles. The van der Waals surface area contributed by atoms with Gasteiger partial charge in [0.25, 0.3) is 0 Å². The first kappa shape index (κ1) is 14.6. The van der Waals surface area contributed by atoms with E-state index in [-0.39, 0.29) is 18.2 Å². The summed E-state index contributed by atoms with van der Waals surface area (Å²) in [6.07, 6.45) is 4.41. The van der Waals surface area contributed by atoms with Crippen molar-refractivity contribution in [2.75, 3.05) is 26.2 Å². The average molecular weight is 296 g/mol. The highest BCUT2D eigenvalue weighted by atomic mass is 16.5. The van der Waals surface area contributed by atoms with Crippen LogP contribution >= 0.6 is 0 Å². The second-order valence-electron chi connectivity index (χ2n) is 6.61. The number of carboxylic acids is 1. The number of nitrogens with zero attached hydrogens (tertiary/aromatic N) is 2. The molecular weight excluding hydrogens is 272 g/mol. The zero-order valence-electron chi connectivity index (χ0n) is 12.6. The molecule has 3 unspecified atom stereocenters. The van der Waals surface area contributed by atoms with E-state index >= 15 is 0 Å². The van der Waals surface area contributed by atoms with Gasteiger partial charge in [0, 0.05) is 26.2 Å². The van der Waals surface area contributed by atoms with E-state index in [1.54, 1.807) is 4.90 Å². The van der Waals surface area contributed by atoms with E-state index in [1.807, 2.05) is 11.8 Å². The topological polar surface area (TPSA) is 70.1 Å². The van der Waals surface area contributed by atoms with Gasteiger partial charge >= 0.3 is 12.0 Å². The van der Waals surface area contributed by atoms with Crippen LogP contribution in [0.15, 0.2) is 0 Å². The monoisotopic (exact) mass is 296 g/mol. The number of fused-ring (bicyclic) bond motifs is 2. The highest BCUT2D eigenvalue weighted by Gasteiger charge is 2.44. The fourth-order valence-electron chi connectivity index (χ4n) is 3.88. The number of hydrogen-bond donors (Lipinski definition) is 1. The number of rotatable bonds is 2. The standard InChI is InChI=1S/C15H24N2O4/c1-2-15(13(18)19)6-3-7-16(10-15)14(20)17-8-11-4-5-12(9-17)21-11/h11-12H,2-10H2,1H3,(H,18,19). The van der Waals surface area contributed by atoms with E-state index in [2.05, 4.69) is 0 Å². The number of morpholine rings is 1. The third kappa shape index (κ3) is 2.61. The summed E-state index contributed by atoms with van der Waals surface area (Å²) in [6, 6.07) is -0.00558. The Balaban J connectivity index is 1.68. The first-order valence-electron chi connectivity index (χ1n) is 7.97. The lowest BCUT2D eigenvalue weighted by atomic mass is 9.78. The molecule has 1 N–H and O–H groups in total. The van der Waals surface area contributed by atoms with Gasteiger partial charge in [0.1, 0.15) is 0 Å². The predicted octanol–water partition coefficient (Wildman–Crippen LogP) is 1.55. The zero-order valence-corrected chi connectivity index (χ0v) is 12.6. The Hall–Kier alpha value is -1.30. The molecule has 21 heavy (non-hydrogen) atoms. The highest BCUT2D eigenvalue weighted by Crippen LogP contribution is 2.35. The summed E-state index contributed by atoms with van der Waals surface area (Å²) < 4.78 is 5.76. The summed E-state index contributed by atoms with van der Waals surface area (Å²) >= 11 is 0. The summed E-state index contributed by atoms with van der Waals surface area (Å²) in [5, 5.41) is 9.52. The maximum absolute atomic E-state index is 12.7. The second-order valence-corrected chi connectivity index (χ2v) is 6.61. The van der Waals surface area contributed by atoms with Gasteiger partial charge in [-0.2, -0.15) is 0 Å². The Labute approximate surface area is 125 Å². The van der Waals surface area contributed by atoms with E-state index in [0.29, 0.717) is 39.0 Å². The number of likely N-dealkylation sites (tertiary alicyclic amines) is 2. The summed E-state index contributed by atoms with van der Waals surface area (Å²) in [5.41, 5.74) is -0.765. The molecule has 3 rings (SSSR count). The van der Waals surface area contributed by atoms with Crippen LogP contribution in [-0.4, -0.2) is 65.3 Å². The summed E-state index contributed by atoms with van der Waals surface area (Å²) in [7, 11) is 0. The first-order valence-corrected chi connectivity index (χ1v) is 7.97. The smallest absolute Gasteiger partial charge is 0.320 e. The van der Waals surface area contributed by atoms with Crippen molar-refractivity contribution in [3.05, 3.63) is 0 Å².